The second-order valence-electron chi connectivity index (χ2n) is 5.54. The van der Waals surface area contributed by atoms with Gasteiger partial charge in [-0.1, -0.05) is 38.1 Å². The van der Waals surface area contributed by atoms with E-state index in [-0.39, 0.29) is 12.1 Å². The highest BCUT2D eigenvalue weighted by Crippen LogP contribution is 2.17. The Morgan fingerprint density at radius 1 is 1.14 bits per heavy atom. The molecule has 2 aromatic rings. The number of aromatic nitrogens is 2. The molecule has 0 bridgehead atoms. The van der Waals surface area contributed by atoms with Crippen molar-refractivity contribution in [2.24, 2.45) is 17.4 Å². The van der Waals surface area contributed by atoms with Crippen LogP contribution in [-0.4, -0.2) is 9.78 Å². The number of hydrogen-bond acceptors (Lipinski definition) is 4. The number of nitrogens with zero attached hydrogens (tertiary/aromatic N) is 2. The molecule has 1 aromatic carbocycles. The molecule has 0 saturated heterocycles. The SMILES string of the molecule is CC(C)Cn1nc(-c2ccc(CN)cc2)cc(CN)c1=O. The van der Waals surface area contributed by atoms with Gasteiger partial charge < -0.3 is 11.5 Å². The minimum atomic E-state index is -0.103. The van der Waals surface area contributed by atoms with E-state index in [0.717, 1.165) is 16.8 Å². The van der Waals surface area contributed by atoms with E-state index < -0.39 is 0 Å². The van der Waals surface area contributed by atoms with Crippen molar-refractivity contribution < 1.29 is 0 Å². The predicted octanol–water partition coefficient (Wildman–Crippen LogP) is 1.48. The van der Waals surface area contributed by atoms with Gasteiger partial charge >= 0.3 is 0 Å². The average Bonchev–Trinajstić information content (AvgIpc) is 2.49. The lowest BCUT2D eigenvalue weighted by Crippen LogP contribution is -2.29. The lowest BCUT2D eigenvalue weighted by atomic mass is 10.1. The summed E-state index contributed by atoms with van der Waals surface area (Å²) in [6, 6.07) is 9.65. The first-order valence-corrected chi connectivity index (χ1v) is 7.15. The van der Waals surface area contributed by atoms with Gasteiger partial charge in [-0.25, -0.2) is 4.68 Å². The molecule has 5 heteroatoms. The molecule has 2 rings (SSSR count). The molecule has 112 valence electrons. The molecule has 1 aromatic heterocycles. The molecule has 1 heterocycles. The van der Waals surface area contributed by atoms with Gasteiger partial charge in [-0.2, -0.15) is 5.10 Å². The van der Waals surface area contributed by atoms with Gasteiger partial charge in [0.05, 0.1) is 5.69 Å². The lowest BCUT2D eigenvalue weighted by Gasteiger charge is -2.12. The molecule has 0 amide bonds. The molecule has 0 spiro atoms. The molecule has 0 saturated carbocycles. The fraction of sp³-hybridized carbons (Fsp3) is 0.375. The zero-order chi connectivity index (χ0) is 15.4. The summed E-state index contributed by atoms with van der Waals surface area (Å²) in [6.07, 6.45) is 0. The van der Waals surface area contributed by atoms with Crippen LogP contribution in [0, 0.1) is 5.92 Å². The maximum atomic E-state index is 12.2. The highest BCUT2D eigenvalue weighted by atomic mass is 16.1. The maximum Gasteiger partial charge on any atom is 0.271 e. The minimum Gasteiger partial charge on any atom is -0.326 e. The molecule has 0 aliphatic rings. The topological polar surface area (TPSA) is 86.9 Å². The number of rotatable bonds is 5. The fourth-order valence-corrected chi connectivity index (χ4v) is 2.17. The van der Waals surface area contributed by atoms with Gasteiger partial charge in [0.15, 0.2) is 0 Å². The highest BCUT2D eigenvalue weighted by molar-refractivity contribution is 5.59. The van der Waals surface area contributed by atoms with Crippen molar-refractivity contribution in [3.8, 4) is 11.3 Å². The Morgan fingerprint density at radius 2 is 1.81 bits per heavy atom. The average molecular weight is 286 g/mol. The highest BCUT2D eigenvalue weighted by Gasteiger charge is 2.10. The Bertz CT molecular complexity index is 659. The molecule has 0 unspecified atom stereocenters. The van der Waals surface area contributed by atoms with Crippen LogP contribution >= 0.6 is 0 Å². The van der Waals surface area contributed by atoms with Crippen LogP contribution in [-0.2, 0) is 19.6 Å². The first-order valence-electron chi connectivity index (χ1n) is 7.15. The van der Waals surface area contributed by atoms with E-state index in [1.165, 1.54) is 4.68 Å². The van der Waals surface area contributed by atoms with E-state index in [1.54, 1.807) is 6.07 Å². The van der Waals surface area contributed by atoms with Gasteiger partial charge in [0, 0.05) is 30.8 Å². The van der Waals surface area contributed by atoms with Gasteiger partial charge in [-0.05, 0) is 17.5 Å². The number of hydrogen-bond donors (Lipinski definition) is 2. The quantitative estimate of drug-likeness (QED) is 0.871. The predicted molar refractivity (Wildman–Crippen MR) is 84.6 cm³/mol. The van der Waals surface area contributed by atoms with E-state index in [1.807, 2.05) is 24.3 Å². The molecular weight excluding hydrogens is 264 g/mol. The van der Waals surface area contributed by atoms with Gasteiger partial charge in [-0.15, -0.1) is 0 Å². The molecular formula is C16H22N4O. The minimum absolute atomic E-state index is 0.103. The monoisotopic (exact) mass is 286 g/mol. The summed E-state index contributed by atoms with van der Waals surface area (Å²) in [5, 5.41) is 4.46. The molecule has 4 N–H and O–H groups in total. The first kappa shape index (κ1) is 15.4. The second-order valence-corrected chi connectivity index (χ2v) is 5.54. The van der Waals surface area contributed by atoms with Crippen LogP contribution in [0.2, 0.25) is 0 Å². The van der Waals surface area contributed by atoms with Crippen LogP contribution in [0.15, 0.2) is 35.1 Å². The van der Waals surface area contributed by atoms with Crippen molar-refractivity contribution in [3.63, 3.8) is 0 Å². The van der Waals surface area contributed by atoms with Gasteiger partial charge in [0.1, 0.15) is 0 Å². The van der Waals surface area contributed by atoms with Crippen molar-refractivity contribution in [1.29, 1.82) is 0 Å². The van der Waals surface area contributed by atoms with Gasteiger partial charge in [0.25, 0.3) is 5.56 Å². The van der Waals surface area contributed by atoms with E-state index in [4.69, 9.17) is 11.5 Å². The van der Waals surface area contributed by atoms with Crippen LogP contribution in [0.3, 0.4) is 0 Å². The van der Waals surface area contributed by atoms with Crippen molar-refractivity contribution in [2.75, 3.05) is 0 Å². The second kappa shape index (κ2) is 6.65. The number of benzene rings is 1. The number of nitrogens with two attached hydrogens (primary N) is 2. The lowest BCUT2D eigenvalue weighted by molar-refractivity contribution is 0.462. The van der Waals surface area contributed by atoms with Crippen molar-refractivity contribution >= 4 is 0 Å². The first-order chi connectivity index (χ1) is 10.0. The maximum absolute atomic E-state index is 12.2. The third-order valence-corrected chi connectivity index (χ3v) is 3.29. The summed E-state index contributed by atoms with van der Waals surface area (Å²) in [4.78, 5) is 12.2. The molecule has 0 radical (unpaired) electrons. The molecule has 0 aliphatic heterocycles. The molecule has 0 aliphatic carbocycles. The van der Waals surface area contributed by atoms with Crippen LogP contribution < -0.4 is 17.0 Å². The van der Waals surface area contributed by atoms with E-state index >= 15 is 0 Å². The Morgan fingerprint density at radius 3 is 2.33 bits per heavy atom. The van der Waals surface area contributed by atoms with Gasteiger partial charge in [0.2, 0.25) is 0 Å². The van der Waals surface area contributed by atoms with E-state index in [0.29, 0.717) is 24.6 Å². The zero-order valence-corrected chi connectivity index (χ0v) is 12.5. The Kier molecular flexibility index (Phi) is 4.88. The Labute approximate surface area is 124 Å². The fourth-order valence-electron chi connectivity index (χ4n) is 2.17. The molecule has 21 heavy (non-hydrogen) atoms. The summed E-state index contributed by atoms with van der Waals surface area (Å²) >= 11 is 0. The van der Waals surface area contributed by atoms with Crippen LogP contribution in [0.5, 0.6) is 0 Å². The summed E-state index contributed by atoms with van der Waals surface area (Å²) < 4.78 is 1.51. The largest absolute Gasteiger partial charge is 0.326 e. The summed E-state index contributed by atoms with van der Waals surface area (Å²) in [5.41, 5.74) is 14.6. The summed E-state index contributed by atoms with van der Waals surface area (Å²) in [7, 11) is 0. The third-order valence-electron chi connectivity index (χ3n) is 3.29. The van der Waals surface area contributed by atoms with Crippen molar-refractivity contribution in [3.05, 3.63) is 51.8 Å². The standard InChI is InChI=1S/C16H22N4O/c1-11(2)10-20-16(21)14(9-18)7-15(19-20)13-5-3-12(8-17)4-6-13/h3-7,11H,8-10,17-18H2,1-2H3. The van der Waals surface area contributed by atoms with Crippen LogP contribution in [0.4, 0.5) is 0 Å². The smallest absolute Gasteiger partial charge is 0.271 e. The van der Waals surface area contributed by atoms with Crippen LogP contribution in [0.1, 0.15) is 25.0 Å². The normalized spacial score (nSPS) is 11.1. The van der Waals surface area contributed by atoms with Gasteiger partial charge in [-0.3, -0.25) is 4.79 Å². The molecule has 0 atom stereocenters. The van der Waals surface area contributed by atoms with E-state index in [9.17, 15) is 4.79 Å². The molecule has 5 nitrogen and oxygen atoms in total. The van der Waals surface area contributed by atoms with Crippen molar-refractivity contribution in [2.45, 2.75) is 33.5 Å². The summed E-state index contributed by atoms with van der Waals surface area (Å²) in [6.45, 7) is 5.42. The Hall–Kier alpha value is -1.98. The van der Waals surface area contributed by atoms with Crippen molar-refractivity contribution in [1.82, 2.24) is 9.78 Å². The molecule has 0 fully saturated rings. The summed E-state index contributed by atoms with van der Waals surface area (Å²) in [5.74, 6) is 0.343. The van der Waals surface area contributed by atoms with E-state index in [2.05, 4.69) is 18.9 Å². The Balaban J connectivity index is 2.49. The third kappa shape index (κ3) is 3.56. The zero-order valence-electron chi connectivity index (χ0n) is 12.5. The van der Waals surface area contributed by atoms with Crippen LogP contribution in [0.25, 0.3) is 11.3 Å².